The molecule has 2 aliphatic rings. The van der Waals surface area contributed by atoms with Crippen molar-refractivity contribution in [1.29, 1.82) is 0 Å². The van der Waals surface area contributed by atoms with E-state index >= 15 is 0 Å². The number of carbonyl (C=O) groups is 1. The minimum absolute atomic E-state index is 0. The Balaban J connectivity index is 0.00000156. The fraction of sp³-hybridized carbons (Fsp3) is 0.625. The van der Waals surface area contributed by atoms with Crippen molar-refractivity contribution in [2.24, 2.45) is 5.73 Å². The molecule has 3 rings (SSSR count). The summed E-state index contributed by atoms with van der Waals surface area (Å²) in [6.45, 7) is 5.36. The van der Waals surface area contributed by atoms with E-state index in [9.17, 15) is 4.79 Å². The van der Waals surface area contributed by atoms with Crippen LogP contribution >= 0.6 is 24.8 Å². The number of aromatic nitrogens is 1. The zero-order valence-corrected chi connectivity index (χ0v) is 15.9. The maximum Gasteiger partial charge on any atom is 0.274 e. The maximum absolute atomic E-state index is 12.5. The third-order valence-electron chi connectivity index (χ3n) is 4.29. The van der Waals surface area contributed by atoms with Crippen LogP contribution in [0.2, 0.25) is 0 Å². The lowest BCUT2D eigenvalue weighted by Crippen LogP contribution is -2.45. The summed E-state index contributed by atoms with van der Waals surface area (Å²) in [6, 6.07) is 4.00. The summed E-state index contributed by atoms with van der Waals surface area (Å²) < 4.78 is 11.2. The first-order chi connectivity index (χ1) is 11.2. The van der Waals surface area contributed by atoms with Gasteiger partial charge in [0.1, 0.15) is 6.61 Å². The molecule has 7 nitrogen and oxygen atoms in total. The molecule has 1 amide bonds. The molecule has 2 aliphatic heterocycles. The zero-order chi connectivity index (χ0) is 16.2. The molecule has 3 atom stereocenters. The molecule has 0 unspecified atom stereocenters. The molecule has 3 N–H and O–H groups in total. The lowest BCUT2D eigenvalue weighted by atomic mass is 10.1. The number of hydrogen-bond acceptors (Lipinski definition) is 6. The molecule has 0 aromatic carbocycles. The van der Waals surface area contributed by atoms with Crippen LogP contribution in [-0.2, 0) is 4.74 Å². The number of hydrogen-bond donors (Lipinski definition) is 2. The molecular weight excluding hydrogens is 367 g/mol. The molecule has 0 aliphatic carbocycles. The second-order valence-electron chi connectivity index (χ2n) is 6.15. The molecule has 142 valence electrons. The molecule has 0 spiro atoms. The third kappa shape index (κ3) is 5.43. The van der Waals surface area contributed by atoms with Gasteiger partial charge in [0.15, 0.2) is 11.4 Å². The molecule has 3 heterocycles. The van der Waals surface area contributed by atoms with Crippen molar-refractivity contribution in [2.45, 2.75) is 31.5 Å². The Morgan fingerprint density at radius 1 is 1.48 bits per heavy atom. The van der Waals surface area contributed by atoms with Gasteiger partial charge < -0.3 is 20.5 Å². The molecule has 2 fully saturated rings. The first-order valence-electron chi connectivity index (χ1n) is 8.11. The predicted octanol–water partition coefficient (Wildman–Crippen LogP) is 0.854. The van der Waals surface area contributed by atoms with E-state index in [2.05, 4.69) is 22.1 Å². The van der Waals surface area contributed by atoms with Crippen molar-refractivity contribution in [3.8, 4) is 5.75 Å². The van der Waals surface area contributed by atoms with E-state index in [1.165, 1.54) is 0 Å². The fourth-order valence-corrected chi connectivity index (χ4v) is 3.24. The number of nitrogens with zero attached hydrogens (tertiary/aromatic N) is 2. The van der Waals surface area contributed by atoms with Crippen molar-refractivity contribution in [1.82, 2.24) is 15.2 Å². The lowest BCUT2D eigenvalue weighted by Gasteiger charge is -2.33. The summed E-state index contributed by atoms with van der Waals surface area (Å²) in [7, 11) is 0. The van der Waals surface area contributed by atoms with Gasteiger partial charge >= 0.3 is 0 Å². The van der Waals surface area contributed by atoms with E-state index in [0.717, 1.165) is 26.1 Å². The van der Waals surface area contributed by atoms with Gasteiger partial charge in [-0.2, -0.15) is 0 Å². The van der Waals surface area contributed by atoms with Gasteiger partial charge in [0, 0.05) is 37.9 Å². The SMILES string of the molecule is C[C@H]1CN2C[C@@H](NC(=O)c3ncccc3OCCN)C[C@H]2CO1.Cl.Cl. The Morgan fingerprint density at radius 2 is 2.28 bits per heavy atom. The van der Waals surface area contributed by atoms with Crippen molar-refractivity contribution in [3.05, 3.63) is 24.0 Å². The predicted molar refractivity (Wildman–Crippen MR) is 99.9 cm³/mol. The summed E-state index contributed by atoms with van der Waals surface area (Å²) in [5, 5.41) is 3.07. The lowest BCUT2D eigenvalue weighted by molar-refractivity contribution is -0.0390. The van der Waals surface area contributed by atoms with Crippen LogP contribution in [-0.4, -0.2) is 66.8 Å². The number of ether oxygens (including phenoxy) is 2. The Hall–Kier alpha value is -1.12. The summed E-state index contributed by atoms with van der Waals surface area (Å²) >= 11 is 0. The van der Waals surface area contributed by atoms with Crippen LogP contribution in [0.1, 0.15) is 23.8 Å². The number of halogens is 2. The average molecular weight is 393 g/mol. The third-order valence-corrected chi connectivity index (χ3v) is 4.29. The summed E-state index contributed by atoms with van der Waals surface area (Å²) in [6.07, 6.45) is 2.76. The van der Waals surface area contributed by atoms with Gasteiger partial charge in [-0.25, -0.2) is 4.98 Å². The Morgan fingerprint density at radius 3 is 3.04 bits per heavy atom. The van der Waals surface area contributed by atoms with Gasteiger partial charge in [0.2, 0.25) is 0 Å². The number of rotatable bonds is 5. The highest BCUT2D eigenvalue weighted by molar-refractivity contribution is 5.95. The van der Waals surface area contributed by atoms with E-state index < -0.39 is 0 Å². The normalized spacial score (nSPS) is 25.3. The van der Waals surface area contributed by atoms with E-state index in [0.29, 0.717) is 30.6 Å². The van der Waals surface area contributed by atoms with Crippen LogP contribution in [0.4, 0.5) is 0 Å². The highest BCUT2D eigenvalue weighted by Gasteiger charge is 2.37. The van der Waals surface area contributed by atoms with Crippen LogP contribution in [0.25, 0.3) is 0 Å². The Kier molecular flexibility index (Phi) is 8.88. The van der Waals surface area contributed by atoms with E-state index in [1.807, 2.05) is 0 Å². The first kappa shape index (κ1) is 21.9. The monoisotopic (exact) mass is 392 g/mol. The van der Waals surface area contributed by atoms with Crippen molar-refractivity contribution in [2.75, 3.05) is 32.8 Å². The van der Waals surface area contributed by atoms with Crippen molar-refractivity contribution >= 4 is 30.7 Å². The first-order valence-corrected chi connectivity index (χ1v) is 8.11. The van der Waals surface area contributed by atoms with Crippen LogP contribution in [0, 0.1) is 0 Å². The number of pyridine rings is 1. The molecular formula is C16H26Cl2N4O3. The number of carbonyl (C=O) groups excluding carboxylic acids is 1. The topological polar surface area (TPSA) is 89.7 Å². The Bertz CT molecular complexity index is 564. The van der Waals surface area contributed by atoms with Crippen LogP contribution in [0.5, 0.6) is 5.75 Å². The van der Waals surface area contributed by atoms with Crippen LogP contribution in [0.15, 0.2) is 18.3 Å². The van der Waals surface area contributed by atoms with Gasteiger partial charge in [0.25, 0.3) is 5.91 Å². The zero-order valence-electron chi connectivity index (χ0n) is 14.2. The quantitative estimate of drug-likeness (QED) is 0.771. The highest BCUT2D eigenvalue weighted by atomic mass is 35.5. The number of amides is 1. The van der Waals surface area contributed by atoms with Crippen LogP contribution in [0.3, 0.4) is 0 Å². The minimum atomic E-state index is -0.198. The van der Waals surface area contributed by atoms with E-state index in [-0.39, 0.29) is 42.9 Å². The van der Waals surface area contributed by atoms with E-state index in [4.69, 9.17) is 15.2 Å². The van der Waals surface area contributed by atoms with Gasteiger partial charge in [-0.15, -0.1) is 24.8 Å². The standard InChI is InChI=1S/C16H24N4O3.2ClH/c1-11-8-20-9-12(7-13(20)10-23-11)19-16(21)15-14(22-6-4-17)3-2-5-18-15;;/h2-3,5,11-13H,4,6-10,17H2,1H3,(H,19,21);2*1H/t11-,12-,13-;;/m0../s1. The second kappa shape index (κ2) is 10.1. The molecule has 2 saturated heterocycles. The van der Waals surface area contributed by atoms with E-state index in [1.54, 1.807) is 18.3 Å². The second-order valence-corrected chi connectivity index (χ2v) is 6.15. The van der Waals surface area contributed by atoms with Gasteiger partial charge in [-0.05, 0) is 25.5 Å². The van der Waals surface area contributed by atoms with Gasteiger partial charge in [-0.1, -0.05) is 0 Å². The van der Waals surface area contributed by atoms with Crippen molar-refractivity contribution in [3.63, 3.8) is 0 Å². The molecule has 1 aromatic heterocycles. The van der Waals surface area contributed by atoms with Gasteiger partial charge in [-0.3, -0.25) is 9.69 Å². The number of fused-ring (bicyclic) bond motifs is 1. The molecule has 0 saturated carbocycles. The maximum atomic E-state index is 12.5. The average Bonchev–Trinajstić information content (AvgIpc) is 2.94. The largest absolute Gasteiger partial charge is 0.490 e. The minimum Gasteiger partial charge on any atom is -0.490 e. The van der Waals surface area contributed by atoms with Gasteiger partial charge in [0.05, 0.1) is 12.7 Å². The highest BCUT2D eigenvalue weighted by Crippen LogP contribution is 2.24. The number of nitrogens with two attached hydrogens (primary N) is 1. The summed E-state index contributed by atoms with van der Waals surface area (Å²) in [4.78, 5) is 19.1. The Labute approximate surface area is 160 Å². The molecule has 9 heteroatoms. The number of morpholine rings is 1. The molecule has 1 aromatic rings. The molecule has 0 bridgehead atoms. The van der Waals surface area contributed by atoms with Crippen LogP contribution < -0.4 is 15.8 Å². The summed E-state index contributed by atoms with van der Waals surface area (Å²) in [5.41, 5.74) is 5.76. The molecule has 0 radical (unpaired) electrons. The number of nitrogens with one attached hydrogen (secondary N) is 1. The fourth-order valence-electron chi connectivity index (χ4n) is 3.24. The van der Waals surface area contributed by atoms with Crippen molar-refractivity contribution < 1.29 is 14.3 Å². The molecule has 25 heavy (non-hydrogen) atoms. The summed E-state index contributed by atoms with van der Waals surface area (Å²) in [5.74, 6) is 0.277. The smallest absolute Gasteiger partial charge is 0.274 e.